The van der Waals surface area contributed by atoms with E-state index in [1.807, 2.05) is 0 Å². The molecule has 2 nitrogen and oxygen atoms in total. The second kappa shape index (κ2) is 6.19. The van der Waals surface area contributed by atoms with Gasteiger partial charge in [0, 0.05) is 24.7 Å². The lowest BCUT2D eigenvalue weighted by Gasteiger charge is -2.36. The van der Waals surface area contributed by atoms with E-state index in [0.717, 1.165) is 18.0 Å². The summed E-state index contributed by atoms with van der Waals surface area (Å²) in [4.78, 5) is 2.71. The Morgan fingerprint density at radius 3 is 2.41 bits per heavy atom. The van der Waals surface area contributed by atoms with Gasteiger partial charge in [0.1, 0.15) is 0 Å². The Morgan fingerprint density at radius 1 is 1.06 bits per heavy atom. The molecule has 0 aromatic carbocycles. The smallest absolute Gasteiger partial charge is 0.0223 e. The van der Waals surface area contributed by atoms with Crippen molar-refractivity contribution in [3.63, 3.8) is 0 Å². The lowest BCUT2D eigenvalue weighted by molar-refractivity contribution is 0.138. The van der Waals surface area contributed by atoms with Crippen LogP contribution in [0, 0.1) is 5.92 Å². The maximum Gasteiger partial charge on any atom is 0.0223 e. The molecule has 2 aliphatic rings. The van der Waals surface area contributed by atoms with Gasteiger partial charge in [0.15, 0.2) is 0 Å². The van der Waals surface area contributed by atoms with Crippen molar-refractivity contribution in [1.29, 1.82) is 0 Å². The lowest BCUT2D eigenvalue weighted by atomic mass is 9.83. The molecule has 1 N–H and O–H groups in total. The summed E-state index contributed by atoms with van der Waals surface area (Å²) in [7, 11) is 0. The van der Waals surface area contributed by atoms with Gasteiger partial charge in [-0.25, -0.2) is 0 Å². The van der Waals surface area contributed by atoms with Crippen molar-refractivity contribution in [2.24, 2.45) is 5.92 Å². The lowest BCUT2D eigenvalue weighted by Crippen LogP contribution is -2.47. The highest BCUT2D eigenvalue weighted by Crippen LogP contribution is 2.28. The summed E-state index contributed by atoms with van der Waals surface area (Å²) < 4.78 is 0. The zero-order valence-corrected chi connectivity index (χ0v) is 11.9. The Bertz CT molecular complexity index is 221. The Labute approximate surface area is 107 Å². The Balaban J connectivity index is 1.97. The number of hydrogen-bond donors (Lipinski definition) is 1. The molecule has 0 radical (unpaired) electrons. The Kier molecular flexibility index (Phi) is 4.87. The minimum atomic E-state index is 0.691. The first-order valence-electron chi connectivity index (χ1n) is 7.67. The largest absolute Gasteiger partial charge is 0.312 e. The van der Waals surface area contributed by atoms with E-state index in [4.69, 9.17) is 0 Å². The van der Waals surface area contributed by atoms with Crippen molar-refractivity contribution in [3.8, 4) is 0 Å². The molecule has 17 heavy (non-hydrogen) atoms. The van der Waals surface area contributed by atoms with Gasteiger partial charge in [-0.1, -0.05) is 19.3 Å². The van der Waals surface area contributed by atoms with Crippen LogP contribution in [0.25, 0.3) is 0 Å². The summed E-state index contributed by atoms with van der Waals surface area (Å²) in [5, 5.41) is 3.82. The van der Waals surface area contributed by atoms with Crippen LogP contribution < -0.4 is 5.32 Å². The molecule has 0 amide bonds. The second-order valence-corrected chi connectivity index (χ2v) is 6.39. The third kappa shape index (κ3) is 3.45. The fourth-order valence-corrected chi connectivity index (χ4v) is 3.69. The van der Waals surface area contributed by atoms with Gasteiger partial charge >= 0.3 is 0 Å². The monoisotopic (exact) mass is 238 g/mol. The van der Waals surface area contributed by atoms with Gasteiger partial charge in [0.25, 0.3) is 0 Å². The Hall–Kier alpha value is -0.0800. The molecule has 100 valence electrons. The molecule has 1 saturated carbocycles. The zero-order valence-electron chi connectivity index (χ0n) is 11.9. The number of rotatable bonds is 2. The minimum absolute atomic E-state index is 0.691. The van der Waals surface area contributed by atoms with E-state index < -0.39 is 0 Å². The molecule has 0 aromatic heterocycles. The molecule has 2 fully saturated rings. The molecule has 0 spiro atoms. The van der Waals surface area contributed by atoms with Crippen LogP contribution in [0.3, 0.4) is 0 Å². The highest BCUT2D eigenvalue weighted by molar-refractivity contribution is 4.87. The van der Waals surface area contributed by atoms with E-state index in [9.17, 15) is 0 Å². The molecule has 0 aromatic rings. The van der Waals surface area contributed by atoms with Crippen LogP contribution in [-0.4, -0.2) is 36.1 Å². The van der Waals surface area contributed by atoms with Crippen molar-refractivity contribution in [3.05, 3.63) is 0 Å². The van der Waals surface area contributed by atoms with Crippen molar-refractivity contribution in [1.82, 2.24) is 10.2 Å². The third-order valence-electron chi connectivity index (χ3n) is 4.82. The van der Waals surface area contributed by atoms with E-state index >= 15 is 0 Å². The molecule has 2 unspecified atom stereocenters. The summed E-state index contributed by atoms with van der Waals surface area (Å²) in [5.41, 5.74) is 0. The second-order valence-electron chi connectivity index (χ2n) is 6.39. The highest BCUT2D eigenvalue weighted by atomic mass is 15.2. The maximum absolute atomic E-state index is 3.82. The van der Waals surface area contributed by atoms with Crippen molar-refractivity contribution in [2.75, 3.05) is 13.1 Å². The van der Waals surface area contributed by atoms with E-state index in [1.54, 1.807) is 0 Å². The standard InChI is InChI=1S/C15H30N2/c1-12(2)17-11-15(16-10-9-13(17)3)14-7-5-4-6-8-14/h12-16H,4-11H2,1-3H3. The normalized spacial score (nSPS) is 33.9. The summed E-state index contributed by atoms with van der Waals surface area (Å²) >= 11 is 0. The SMILES string of the molecule is CC(C)N1CC(C2CCCCC2)NCCC1C. The van der Waals surface area contributed by atoms with Gasteiger partial charge in [-0.15, -0.1) is 0 Å². The summed E-state index contributed by atoms with van der Waals surface area (Å²) in [6.07, 6.45) is 8.60. The van der Waals surface area contributed by atoms with Gasteiger partial charge in [-0.3, -0.25) is 4.90 Å². The maximum atomic E-state index is 3.82. The van der Waals surface area contributed by atoms with Gasteiger partial charge in [-0.2, -0.15) is 0 Å². The van der Waals surface area contributed by atoms with Crippen LogP contribution in [0.2, 0.25) is 0 Å². The van der Waals surface area contributed by atoms with Gasteiger partial charge < -0.3 is 5.32 Å². The van der Waals surface area contributed by atoms with Crippen LogP contribution in [0.1, 0.15) is 59.3 Å². The zero-order chi connectivity index (χ0) is 12.3. The summed E-state index contributed by atoms with van der Waals surface area (Å²) in [6, 6.07) is 2.19. The molecule has 2 rings (SSSR count). The molecular weight excluding hydrogens is 208 g/mol. The predicted molar refractivity (Wildman–Crippen MR) is 74.3 cm³/mol. The molecule has 1 aliphatic carbocycles. The van der Waals surface area contributed by atoms with Gasteiger partial charge in [0.05, 0.1) is 0 Å². The molecule has 2 atom stereocenters. The van der Waals surface area contributed by atoms with E-state index in [-0.39, 0.29) is 0 Å². The molecular formula is C15H30N2. The van der Waals surface area contributed by atoms with Crippen molar-refractivity contribution in [2.45, 2.75) is 77.4 Å². The predicted octanol–water partition coefficient (Wildman–Crippen LogP) is 3.03. The fourth-order valence-electron chi connectivity index (χ4n) is 3.69. The van der Waals surface area contributed by atoms with Gasteiger partial charge in [0.2, 0.25) is 0 Å². The fraction of sp³-hybridized carbons (Fsp3) is 1.00. The van der Waals surface area contributed by atoms with Crippen LogP contribution in [0.5, 0.6) is 0 Å². The van der Waals surface area contributed by atoms with Gasteiger partial charge in [-0.05, 0) is 52.5 Å². The van der Waals surface area contributed by atoms with Crippen molar-refractivity contribution < 1.29 is 0 Å². The minimum Gasteiger partial charge on any atom is -0.312 e. The third-order valence-corrected chi connectivity index (χ3v) is 4.82. The quantitative estimate of drug-likeness (QED) is 0.795. The molecule has 1 saturated heterocycles. The summed E-state index contributed by atoms with van der Waals surface area (Å²) in [6.45, 7) is 9.57. The first-order valence-corrected chi connectivity index (χ1v) is 7.67. The number of nitrogens with one attached hydrogen (secondary N) is 1. The number of nitrogens with zero attached hydrogens (tertiary/aromatic N) is 1. The Morgan fingerprint density at radius 2 is 1.76 bits per heavy atom. The van der Waals surface area contributed by atoms with Crippen LogP contribution in [0.15, 0.2) is 0 Å². The van der Waals surface area contributed by atoms with Crippen LogP contribution in [0.4, 0.5) is 0 Å². The highest BCUT2D eigenvalue weighted by Gasteiger charge is 2.30. The summed E-state index contributed by atoms with van der Waals surface area (Å²) in [5.74, 6) is 0.940. The topological polar surface area (TPSA) is 15.3 Å². The molecule has 1 heterocycles. The van der Waals surface area contributed by atoms with Crippen LogP contribution in [-0.2, 0) is 0 Å². The average molecular weight is 238 g/mol. The van der Waals surface area contributed by atoms with Crippen molar-refractivity contribution >= 4 is 0 Å². The molecule has 0 bridgehead atoms. The van der Waals surface area contributed by atoms with E-state index in [0.29, 0.717) is 6.04 Å². The number of hydrogen-bond acceptors (Lipinski definition) is 2. The van der Waals surface area contributed by atoms with E-state index in [2.05, 4.69) is 31.0 Å². The first kappa shape index (κ1) is 13.4. The average Bonchev–Trinajstić information content (AvgIpc) is 2.52. The van der Waals surface area contributed by atoms with E-state index in [1.165, 1.54) is 51.6 Å². The van der Waals surface area contributed by atoms with Crippen LogP contribution >= 0.6 is 0 Å². The first-order chi connectivity index (χ1) is 8.18. The molecule has 2 heteroatoms. The molecule has 1 aliphatic heterocycles.